The summed E-state index contributed by atoms with van der Waals surface area (Å²) < 4.78 is 0. The van der Waals surface area contributed by atoms with Crippen molar-refractivity contribution in [1.29, 1.82) is 0 Å². The minimum absolute atomic E-state index is 0.0308. The number of rotatable bonds is 2. The molecule has 1 aliphatic rings. The lowest BCUT2D eigenvalue weighted by atomic mass is 10.1. The molecule has 6 nitrogen and oxygen atoms in total. The van der Waals surface area contributed by atoms with Crippen LogP contribution in [-0.4, -0.2) is 33.5 Å². The van der Waals surface area contributed by atoms with Crippen LogP contribution in [-0.2, 0) is 9.59 Å². The van der Waals surface area contributed by atoms with Crippen LogP contribution in [0.25, 0.3) is 0 Å². The molecule has 90 valence electrons. The van der Waals surface area contributed by atoms with Crippen LogP contribution >= 0.6 is 23.2 Å². The average Bonchev–Trinajstić information content (AvgIpc) is 2.65. The number of aliphatic carboxylic acids is 1. The molecule has 17 heavy (non-hydrogen) atoms. The SMILES string of the molecule is O=C(O)C1CC(=O)N(c2ncnc(Cl)c2Cl)C1. The highest BCUT2D eigenvalue weighted by molar-refractivity contribution is 6.43. The molecule has 1 N–H and O–H groups in total. The topological polar surface area (TPSA) is 83.4 Å². The van der Waals surface area contributed by atoms with Gasteiger partial charge in [-0.25, -0.2) is 9.97 Å². The summed E-state index contributed by atoms with van der Waals surface area (Å²) in [6.45, 7) is 0.0429. The third kappa shape index (κ3) is 2.18. The quantitative estimate of drug-likeness (QED) is 0.821. The van der Waals surface area contributed by atoms with Crippen molar-refractivity contribution in [3.63, 3.8) is 0 Å². The molecule has 8 heteroatoms. The number of carboxylic acid groups (broad SMARTS) is 1. The van der Waals surface area contributed by atoms with Crippen LogP contribution in [0.1, 0.15) is 6.42 Å². The first-order chi connectivity index (χ1) is 8.00. The highest BCUT2D eigenvalue weighted by Crippen LogP contribution is 2.32. The summed E-state index contributed by atoms with van der Waals surface area (Å²) in [5.74, 6) is -1.95. The van der Waals surface area contributed by atoms with Crippen molar-refractivity contribution in [2.75, 3.05) is 11.4 Å². The number of carbonyl (C=O) groups is 2. The van der Waals surface area contributed by atoms with Gasteiger partial charge in [0.1, 0.15) is 11.3 Å². The minimum Gasteiger partial charge on any atom is -0.481 e. The van der Waals surface area contributed by atoms with Gasteiger partial charge in [-0.05, 0) is 0 Å². The van der Waals surface area contributed by atoms with Gasteiger partial charge in [-0.2, -0.15) is 0 Å². The third-order valence-electron chi connectivity index (χ3n) is 2.46. The molecule has 1 atom stereocenters. The van der Waals surface area contributed by atoms with Crippen LogP contribution in [0.4, 0.5) is 5.82 Å². The molecular formula is C9H7Cl2N3O3. The fourth-order valence-electron chi connectivity index (χ4n) is 1.61. The first-order valence-electron chi connectivity index (χ1n) is 4.70. The Kier molecular flexibility index (Phi) is 3.17. The van der Waals surface area contributed by atoms with Gasteiger partial charge in [-0.1, -0.05) is 23.2 Å². The van der Waals surface area contributed by atoms with Crippen molar-refractivity contribution in [3.8, 4) is 0 Å². The molecule has 1 fully saturated rings. The maximum absolute atomic E-state index is 11.7. The summed E-state index contributed by atoms with van der Waals surface area (Å²) in [6.07, 6.45) is 1.11. The number of anilines is 1. The maximum Gasteiger partial charge on any atom is 0.308 e. The van der Waals surface area contributed by atoms with E-state index in [2.05, 4.69) is 9.97 Å². The smallest absolute Gasteiger partial charge is 0.308 e. The van der Waals surface area contributed by atoms with Gasteiger partial charge in [0.15, 0.2) is 11.0 Å². The van der Waals surface area contributed by atoms with Crippen LogP contribution in [0.15, 0.2) is 6.33 Å². The van der Waals surface area contributed by atoms with E-state index in [1.807, 2.05) is 0 Å². The van der Waals surface area contributed by atoms with Crippen LogP contribution in [0.3, 0.4) is 0 Å². The highest BCUT2D eigenvalue weighted by atomic mass is 35.5. The summed E-state index contributed by atoms with van der Waals surface area (Å²) in [4.78, 5) is 31.2. The Morgan fingerprint density at radius 1 is 1.47 bits per heavy atom. The molecule has 0 aliphatic carbocycles. The Hall–Kier alpha value is -1.40. The summed E-state index contributed by atoms with van der Waals surface area (Å²) >= 11 is 11.6. The van der Waals surface area contributed by atoms with Crippen LogP contribution in [0.2, 0.25) is 10.2 Å². The zero-order valence-corrected chi connectivity index (χ0v) is 9.94. The summed E-state index contributed by atoms with van der Waals surface area (Å²) in [5, 5.41) is 8.93. The van der Waals surface area contributed by atoms with Gasteiger partial charge in [0, 0.05) is 13.0 Å². The van der Waals surface area contributed by atoms with Crippen molar-refractivity contribution >= 4 is 40.9 Å². The van der Waals surface area contributed by atoms with E-state index in [0.29, 0.717) is 0 Å². The van der Waals surface area contributed by atoms with E-state index in [1.54, 1.807) is 0 Å². The normalized spacial score (nSPS) is 19.8. The van der Waals surface area contributed by atoms with E-state index in [0.717, 1.165) is 0 Å². The van der Waals surface area contributed by atoms with Gasteiger partial charge in [0.05, 0.1) is 5.92 Å². The summed E-state index contributed by atoms with van der Waals surface area (Å²) in [6, 6.07) is 0. The second kappa shape index (κ2) is 4.46. The average molecular weight is 276 g/mol. The number of carbonyl (C=O) groups excluding carboxylic acids is 1. The van der Waals surface area contributed by atoms with Gasteiger partial charge in [0.2, 0.25) is 5.91 Å². The molecule has 0 spiro atoms. The second-order valence-electron chi connectivity index (χ2n) is 3.55. The number of nitrogens with zero attached hydrogens (tertiary/aromatic N) is 3. The molecule has 2 rings (SSSR count). The molecule has 0 saturated carbocycles. The molecule has 1 aliphatic heterocycles. The highest BCUT2D eigenvalue weighted by Gasteiger charge is 2.36. The van der Waals surface area contributed by atoms with Crippen LogP contribution < -0.4 is 4.90 Å². The Morgan fingerprint density at radius 2 is 2.18 bits per heavy atom. The fourth-order valence-corrected chi connectivity index (χ4v) is 1.93. The Morgan fingerprint density at radius 3 is 2.76 bits per heavy atom. The minimum atomic E-state index is -1.02. The molecule has 0 aromatic carbocycles. The van der Waals surface area contributed by atoms with Crippen molar-refractivity contribution in [2.24, 2.45) is 5.92 Å². The molecule has 1 amide bonds. The zero-order valence-electron chi connectivity index (χ0n) is 8.43. The number of halogens is 2. The van der Waals surface area contributed by atoms with Crippen molar-refractivity contribution in [1.82, 2.24) is 9.97 Å². The predicted molar refractivity (Wildman–Crippen MR) is 60.1 cm³/mol. The predicted octanol–water partition coefficient (Wildman–Crippen LogP) is 1.22. The first kappa shape index (κ1) is 12.1. The van der Waals surface area contributed by atoms with E-state index in [4.69, 9.17) is 28.3 Å². The van der Waals surface area contributed by atoms with E-state index < -0.39 is 11.9 Å². The zero-order chi connectivity index (χ0) is 12.6. The fraction of sp³-hybridized carbons (Fsp3) is 0.333. The first-order valence-corrected chi connectivity index (χ1v) is 5.45. The lowest BCUT2D eigenvalue weighted by Gasteiger charge is -2.16. The van der Waals surface area contributed by atoms with E-state index in [-0.39, 0.29) is 34.9 Å². The number of amides is 1. The molecular weight excluding hydrogens is 269 g/mol. The maximum atomic E-state index is 11.7. The van der Waals surface area contributed by atoms with E-state index >= 15 is 0 Å². The standard InChI is InChI=1S/C9H7Cl2N3O3/c10-6-7(11)12-3-13-8(6)14-2-4(9(16)17)1-5(14)15/h3-4H,1-2H2,(H,16,17). The van der Waals surface area contributed by atoms with Crippen molar-refractivity contribution < 1.29 is 14.7 Å². The number of hydrogen-bond donors (Lipinski definition) is 1. The van der Waals surface area contributed by atoms with Gasteiger partial charge in [-0.3, -0.25) is 14.5 Å². The van der Waals surface area contributed by atoms with Crippen molar-refractivity contribution in [3.05, 3.63) is 16.5 Å². The molecule has 0 radical (unpaired) electrons. The molecule has 0 bridgehead atoms. The molecule has 1 saturated heterocycles. The Labute approximate surface area is 106 Å². The Bertz CT molecular complexity index is 494. The second-order valence-corrected chi connectivity index (χ2v) is 4.28. The van der Waals surface area contributed by atoms with Gasteiger partial charge in [0.25, 0.3) is 0 Å². The number of carboxylic acids is 1. The van der Waals surface area contributed by atoms with Gasteiger partial charge < -0.3 is 5.11 Å². The third-order valence-corrected chi connectivity index (χ3v) is 3.19. The van der Waals surface area contributed by atoms with Crippen LogP contribution in [0, 0.1) is 5.92 Å². The van der Waals surface area contributed by atoms with Crippen molar-refractivity contribution in [2.45, 2.75) is 6.42 Å². The van der Waals surface area contributed by atoms with Gasteiger partial charge in [-0.15, -0.1) is 0 Å². The number of aromatic nitrogens is 2. The van der Waals surface area contributed by atoms with Crippen LogP contribution in [0.5, 0.6) is 0 Å². The van der Waals surface area contributed by atoms with E-state index in [1.165, 1.54) is 11.2 Å². The summed E-state index contributed by atoms with van der Waals surface area (Å²) in [7, 11) is 0. The lowest BCUT2D eigenvalue weighted by Crippen LogP contribution is -2.27. The monoisotopic (exact) mass is 275 g/mol. The van der Waals surface area contributed by atoms with Gasteiger partial charge >= 0.3 is 5.97 Å². The molecule has 1 unspecified atom stereocenters. The molecule has 1 aromatic heterocycles. The number of hydrogen-bond acceptors (Lipinski definition) is 4. The summed E-state index contributed by atoms with van der Waals surface area (Å²) in [5.41, 5.74) is 0. The van der Waals surface area contributed by atoms with E-state index in [9.17, 15) is 9.59 Å². The lowest BCUT2D eigenvalue weighted by molar-refractivity contribution is -0.141. The Balaban J connectivity index is 2.32. The molecule has 2 heterocycles. The molecule has 1 aromatic rings. The largest absolute Gasteiger partial charge is 0.481 e.